The van der Waals surface area contributed by atoms with Gasteiger partial charge in [0.15, 0.2) is 0 Å². The molecule has 0 atom stereocenters. The minimum Gasteiger partial charge on any atom is -0.435 e. The first-order chi connectivity index (χ1) is 12.5. The Hall–Kier alpha value is -2.20. The van der Waals surface area contributed by atoms with Crippen LogP contribution >= 0.6 is 0 Å². The van der Waals surface area contributed by atoms with Crippen LogP contribution in [0.2, 0.25) is 0 Å². The standard InChI is InChI=1S/C17H16F5NO3S/c1-23(10-12-4-3-7-15(9-12)26-16(18)19)27(24,25)11-13-5-2-6-14(8-13)17(20,21)22/h2-9,16H,10-11H2,1H3. The molecule has 0 aliphatic carbocycles. The van der Waals surface area contributed by atoms with Crippen molar-refractivity contribution in [1.29, 1.82) is 0 Å². The van der Waals surface area contributed by atoms with Crippen molar-refractivity contribution in [3.8, 4) is 5.75 Å². The second-order valence-corrected chi connectivity index (χ2v) is 7.81. The summed E-state index contributed by atoms with van der Waals surface area (Å²) in [5.41, 5.74) is -0.551. The van der Waals surface area contributed by atoms with Gasteiger partial charge in [-0.25, -0.2) is 12.7 Å². The lowest BCUT2D eigenvalue weighted by atomic mass is 10.1. The molecule has 4 nitrogen and oxygen atoms in total. The molecule has 0 bridgehead atoms. The number of hydrogen-bond donors (Lipinski definition) is 0. The average Bonchev–Trinajstić information content (AvgIpc) is 2.53. The molecule has 2 rings (SSSR count). The van der Waals surface area contributed by atoms with Gasteiger partial charge in [-0.05, 0) is 29.3 Å². The molecule has 0 radical (unpaired) electrons. The number of hydrogen-bond acceptors (Lipinski definition) is 3. The number of nitrogens with zero attached hydrogens (tertiary/aromatic N) is 1. The molecule has 2 aromatic rings. The average molecular weight is 409 g/mol. The minimum absolute atomic E-state index is 0.00791. The Bertz CT molecular complexity index is 884. The summed E-state index contributed by atoms with van der Waals surface area (Å²) < 4.78 is 92.8. The second kappa shape index (κ2) is 8.22. The Morgan fingerprint density at radius 1 is 1.04 bits per heavy atom. The van der Waals surface area contributed by atoms with E-state index in [1.165, 1.54) is 37.4 Å². The normalized spacial score (nSPS) is 12.6. The molecule has 0 aromatic heterocycles. The number of benzene rings is 2. The zero-order chi connectivity index (χ0) is 20.2. The van der Waals surface area contributed by atoms with Crippen molar-refractivity contribution in [2.45, 2.75) is 25.1 Å². The van der Waals surface area contributed by atoms with Gasteiger partial charge in [-0.2, -0.15) is 22.0 Å². The van der Waals surface area contributed by atoms with E-state index in [2.05, 4.69) is 4.74 Å². The maximum atomic E-state index is 12.7. The highest BCUT2D eigenvalue weighted by atomic mass is 32.2. The van der Waals surface area contributed by atoms with Crippen molar-refractivity contribution in [2.75, 3.05) is 7.05 Å². The van der Waals surface area contributed by atoms with Gasteiger partial charge in [0.1, 0.15) is 5.75 Å². The number of rotatable bonds is 7. The summed E-state index contributed by atoms with van der Waals surface area (Å²) >= 11 is 0. The predicted molar refractivity (Wildman–Crippen MR) is 88.6 cm³/mol. The fraction of sp³-hybridized carbons (Fsp3) is 0.294. The third kappa shape index (κ3) is 6.17. The van der Waals surface area contributed by atoms with Crippen LogP contribution in [-0.4, -0.2) is 26.4 Å². The SMILES string of the molecule is CN(Cc1cccc(OC(F)F)c1)S(=O)(=O)Cc1cccc(C(F)(F)F)c1. The molecule has 10 heteroatoms. The van der Waals surface area contributed by atoms with Gasteiger partial charge < -0.3 is 4.74 Å². The van der Waals surface area contributed by atoms with Gasteiger partial charge in [-0.3, -0.25) is 0 Å². The number of sulfonamides is 1. The topological polar surface area (TPSA) is 46.6 Å². The van der Waals surface area contributed by atoms with Crippen LogP contribution < -0.4 is 4.74 Å². The fourth-order valence-corrected chi connectivity index (χ4v) is 3.50. The summed E-state index contributed by atoms with van der Waals surface area (Å²) in [6.07, 6.45) is -4.57. The lowest BCUT2D eigenvalue weighted by Gasteiger charge is -2.18. The van der Waals surface area contributed by atoms with Crippen LogP contribution in [0.4, 0.5) is 22.0 Å². The number of ether oxygens (including phenoxy) is 1. The zero-order valence-corrected chi connectivity index (χ0v) is 14.9. The van der Waals surface area contributed by atoms with E-state index in [9.17, 15) is 30.4 Å². The molecule has 148 valence electrons. The van der Waals surface area contributed by atoms with Crippen molar-refractivity contribution < 1.29 is 35.1 Å². The Labute approximate surface area is 153 Å². The highest BCUT2D eigenvalue weighted by Crippen LogP contribution is 2.30. The minimum atomic E-state index is -4.57. The molecule has 0 aliphatic heterocycles. The summed E-state index contributed by atoms with van der Waals surface area (Å²) in [7, 11) is -2.68. The zero-order valence-electron chi connectivity index (χ0n) is 14.1. The van der Waals surface area contributed by atoms with Gasteiger partial charge in [-0.15, -0.1) is 0 Å². The first kappa shape index (κ1) is 21.1. The molecule has 0 unspecified atom stereocenters. The van der Waals surface area contributed by atoms with Gasteiger partial charge in [0.2, 0.25) is 10.0 Å². The summed E-state index contributed by atoms with van der Waals surface area (Å²) in [4.78, 5) is 0. The molecule has 0 heterocycles. The lowest BCUT2D eigenvalue weighted by Crippen LogP contribution is -2.27. The van der Waals surface area contributed by atoms with Gasteiger partial charge in [-0.1, -0.05) is 30.3 Å². The molecule has 27 heavy (non-hydrogen) atoms. The number of halogens is 5. The van der Waals surface area contributed by atoms with Crippen LogP contribution in [0.5, 0.6) is 5.75 Å². The van der Waals surface area contributed by atoms with Crippen LogP contribution in [0.15, 0.2) is 48.5 Å². The van der Waals surface area contributed by atoms with E-state index in [0.717, 1.165) is 22.5 Å². The quantitative estimate of drug-likeness (QED) is 0.642. The maximum Gasteiger partial charge on any atom is 0.416 e. The second-order valence-electron chi connectivity index (χ2n) is 5.74. The van der Waals surface area contributed by atoms with Crippen molar-refractivity contribution >= 4 is 10.0 Å². The largest absolute Gasteiger partial charge is 0.435 e. The molecule has 0 spiro atoms. The van der Waals surface area contributed by atoms with Crippen LogP contribution in [0, 0.1) is 0 Å². The predicted octanol–water partition coefficient (Wildman–Crippen LogP) is 4.27. The Balaban J connectivity index is 2.13. The number of alkyl halides is 5. The third-order valence-electron chi connectivity index (χ3n) is 3.61. The molecule has 0 saturated carbocycles. The summed E-state index contributed by atoms with van der Waals surface area (Å²) in [6, 6.07) is 9.58. The molecule has 0 N–H and O–H groups in total. The van der Waals surface area contributed by atoms with Gasteiger partial charge in [0, 0.05) is 13.6 Å². The van der Waals surface area contributed by atoms with Crippen molar-refractivity contribution in [1.82, 2.24) is 4.31 Å². The Morgan fingerprint density at radius 2 is 1.67 bits per heavy atom. The highest BCUT2D eigenvalue weighted by Gasteiger charge is 2.31. The van der Waals surface area contributed by atoms with Crippen LogP contribution in [0.25, 0.3) is 0 Å². The Morgan fingerprint density at radius 3 is 2.30 bits per heavy atom. The van der Waals surface area contributed by atoms with E-state index in [1.54, 1.807) is 0 Å². The van der Waals surface area contributed by atoms with Crippen molar-refractivity contribution in [3.63, 3.8) is 0 Å². The molecule has 0 aliphatic rings. The summed E-state index contributed by atoms with van der Waals surface area (Å²) in [5.74, 6) is -0.744. The van der Waals surface area contributed by atoms with E-state index in [-0.39, 0.29) is 17.9 Å². The highest BCUT2D eigenvalue weighted by molar-refractivity contribution is 7.88. The maximum absolute atomic E-state index is 12.7. The third-order valence-corrected chi connectivity index (χ3v) is 5.38. The molecule has 0 fully saturated rings. The molecular weight excluding hydrogens is 393 g/mol. The van der Waals surface area contributed by atoms with E-state index >= 15 is 0 Å². The summed E-state index contributed by atoms with van der Waals surface area (Å²) in [6.45, 7) is -3.16. The smallest absolute Gasteiger partial charge is 0.416 e. The van der Waals surface area contributed by atoms with Crippen molar-refractivity contribution in [3.05, 3.63) is 65.2 Å². The van der Waals surface area contributed by atoms with Crippen LogP contribution in [-0.2, 0) is 28.5 Å². The van der Waals surface area contributed by atoms with Gasteiger partial charge in [0.05, 0.1) is 11.3 Å². The molecule has 0 saturated heterocycles. The first-order valence-corrected chi connectivity index (χ1v) is 9.22. The van der Waals surface area contributed by atoms with Gasteiger partial charge >= 0.3 is 12.8 Å². The van der Waals surface area contributed by atoms with Gasteiger partial charge in [0.25, 0.3) is 0 Å². The van der Waals surface area contributed by atoms with Crippen LogP contribution in [0.1, 0.15) is 16.7 Å². The molecular formula is C17H16F5NO3S. The lowest BCUT2D eigenvalue weighted by molar-refractivity contribution is -0.137. The van der Waals surface area contributed by atoms with Crippen molar-refractivity contribution in [2.24, 2.45) is 0 Å². The Kier molecular flexibility index (Phi) is 6.42. The fourth-order valence-electron chi connectivity index (χ4n) is 2.33. The van der Waals surface area contributed by atoms with E-state index in [0.29, 0.717) is 5.56 Å². The van der Waals surface area contributed by atoms with E-state index in [4.69, 9.17) is 0 Å². The van der Waals surface area contributed by atoms with Crippen LogP contribution in [0.3, 0.4) is 0 Å². The first-order valence-electron chi connectivity index (χ1n) is 7.61. The summed E-state index contributed by atoms with van der Waals surface area (Å²) in [5, 5.41) is 0. The van der Waals surface area contributed by atoms with E-state index < -0.39 is 34.1 Å². The van der Waals surface area contributed by atoms with E-state index in [1.807, 2.05) is 0 Å². The molecule has 0 amide bonds. The molecule has 2 aromatic carbocycles. The monoisotopic (exact) mass is 409 g/mol.